The lowest BCUT2D eigenvalue weighted by molar-refractivity contribution is -0.139. The zero-order valence-corrected chi connectivity index (χ0v) is 22.2. The minimum atomic E-state index is -0.445. The summed E-state index contributed by atoms with van der Waals surface area (Å²) in [6.07, 6.45) is 6.68. The molecule has 4 N–H and O–H groups in total. The minimum absolute atomic E-state index is 0.0265. The molecule has 1 aromatic carbocycles. The van der Waals surface area contributed by atoms with Gasteiger partial charge in [-0.1, -0.05) is 6.07 Å². The Hall–Kier alpha value is -4.48. The van der Waals surface area contributed by atoms with Gasteiger partial charge in [-0.2, -0.15) is 5.10 Å². The Labute approximate surface area is 230 Å². The molecule has 40 heavy (non-hydrogen) atoms. The lowest BCUT2D eigenvalue weighted by atomic mass is 9.53. The van der Waals surface area contributed by atoms with Crippen molar-refractivity contribution in [1.82, 2.24) is 30.5 Å². The van der Waals surface area contributed by atoms with Gasteiger partial charge in [0.15, 0.2) is 12.3 Å². The molecule has 4 amide bonds. The Morgan fingerprint density at radius 2 is 1.80 bits per heavy atom. The van der Waals surface area contributed by atoms with Crippen LogP contribution in [0.1, 0.15) is 65.1 Å². The highest BCUT2D eigenvalue weighted by molar-refractivity contribution is 5.98. The van der Waals surface area contributed by atoms with Gasteiger partial charge in [-0.3, -0.25) is 19.2 Å². The molecule has 2 aromatic heterocycles. The molecule has 0 radical (unpaired) electrons. The van der Waals surface area contributed by atoms with E-state index in [1.165, 1.54) is 16.8 Å². The predicted molar refractivity (Wildman–Crippen MR) is 144 cm³/mol. The van der Waals surface area contributed by atoms with Gasteiger partial charge >= 0.3 is 0 Å². The van der Waals surface area contributed by atoms with Crippen LogP contribution in [0, 0.1) is 10.8 Å². The molecule has 0 atom stereocenters. The molecule has 7 rings (SSSR count). The fraction of sp³-hybridized carbons (Fsp3) is 0.429. The van der Waals surface area contributed by atoms with Gasteiger partial charge in [-0.25, -0.2) is 9.50 Å². The molecule has 3 aliphatic carbocycles. The molecule has 12 nitrogen and oxygen atoms in total. The predicted octanol–water partition coefficient (Wildman–Crippen LogP) is 1.81. The van der Waals surface area contributed by atoms with Gasteiger partial charge in [0.25, 0.3) is 17.7 Å². The second-order valence-electron chi connectivity index (χ2n) is 11.0. The Kier molecular flexibility index (Phi) is 6.40. The SMILES string of the molecule is CNC(=O)C12CCC(CNC(=O)c3cc(C(=O)NCc4ccc5c(c4)NC(=O)CO5)nc4ccnn34)(CC1)CC2. The average molecular weight is 546 g/mol. The van der Waals surface area contributed by atoms with Crippen molar-refractivity contribution in [2.24, 2.45) is 10.8 Å². The zero-order chi connectivity index (χ0) is 27.9. The molecular weight excluding hydrogens is 514 g/mol. The van der Waals surface area contributed by atoms with Crippen molar-refractivity contribution < 1.29 is 23.9 Å². The van der Waals surface area contributed by atoms with Crippen LogP contribution in [0.5, 0.6) is 5.75 Å². The number of rotatable bonds is 7. The zero-order valence-electron chi connectivity index (χ0n) is 22.2. The normalized spacial score (nSPS) is 23.1. The molecule has 3 aromatic rings. The maximum atomic E-state index is 13.4. The summed E-state index contributed by atoms with van der Waals surface area (Å²) in [6, 6.07) is 8.37. The summed E-state index contributed by atoms with van der Waals surface area (Å²) >= 11 is 0. The first-order chi connectivity index (χ1) is 19.3. The molecule has 3 fully saturated rings. The number of carbonyl (C=O) groups is 4. The highest BCUT2D eigenvalue weighted by Gasteiger charge is 2.52. The van der Waals surface area contributed by atoms with Crippen LogP contribution in [-0.4, -0.2) is 58.4 Å². The summed E-state index contributed by atoms with van der Waals surface area (Å²) in [5.41, 5.74) is 1.72. The van der Waals surface area contributed by atoms with E-state index in [2.05, 4.69) is 31.3 Å². The molecule has 0 saturated heterocycles. The Morgan fingerprint density at radius 1 is 1.02 bits per heavy atom. The maximum absolute atomic E-state index is 13.4. The van der Waals surface area contributed by atoms with E-state index in [0.29, 0.717) is 23.6 Å². The topological polar surface area (TPSA) is 156 Å². The van der Waals surface area contributed by atoms with E-state index >= 15 is 0 Å². The third kappa shape index (κ3) is 4.63. The number of benzene rings is 1. The average Bonchev–Trinajstić information content (AvgIpc) is 3.47. The van der Waals surface area contributed by atoms with Crippen LogP contribution in [0.4, 0.5) is 5.69 Å². The largest absolute Gasteiger partial charge is 0.482 e. The van der Waals surface area contributed by atoms with Crippen LogP contribution in [-0.2, 0) is 16.1 Å². The third-order valence-corrected chi connectivity index (χ3v) is 8.69. The number of anilines is 1. The maximum Gasteiger partial charge on any atom is 0.270 e. The van der Waals surface area contributed by atoms with Crippen molar-refractivity contribution in [2.45, 2.75) is 45.1 Å². The second-order valence-corrected chi connectivity index (χ2v) is 11.0. The highest BCUT2D eigenvalue weighted by Crippen LogP contribution is 2.56. The molecule has 4 aliphatic rings. The van der Waals surface area contributed by atoms with E-state index in [0.717, 1.165) is 44.1 Å². The van der Waals surface area contributed by atoms with Crippen molar-refractivity contribution in [2.75, 3.05) is 25.5 Å². The van der Waals surface area contributed by atoms with Gasteiger partial charge in [0.05, 0.1) is 11.9 Å². The quantitative estimate of drug-likeness (QED) is 0.353. The standard InChI is InChI=1S/C28H31N7O5/c1-29-26(39)28-8-5-27(6-9-28,7-10-28)16-31-25(38)20-13-19(33-22-4-11-32-35(20)22)24(37)30-14-17-2-3-21-18(12-17)34-23(36)15-40-21/h2-4,11-13H,5-10,14-16H2,1H3,(H,29,39)(H,30,37)(H,31,38)(H,34,36). The number of carbonyl (C=O) groups excluding carboxylic acids is 4. The van der Waals surface area contributed by atoms with Crippen LogP contribution in [0.25, 0.3) is 5.65 Å². The molecule has 3 heterocycles. The first kappa shape index (κ1) is 25.8. The number of nitrogens with zero attached hydrogens (tertiary/aromatic N) is 3. The Bertz CT molecular complexity index is 1510. The Morgan fingerprint density at radius 3 is 2.55 bits per heavy atom. The first-order valence-corrected chi connectivity index (χ1v) is 13.5. The number of ether oxygens (including phenoxy) is 1. The van der Waals surface area contributed by atoms with E-state index in [1.807, 2.05) is 0 Å². The second kappa shape index (κ2) is 9.92. The Balaban J connectivity index is 1.13. The summed E-state index contributed by atoms with van der Waals surface area (Å²) < 4.78 is 6.80. The summed E-state index contributed by atoms with van der Waals surface area (Å²) in [4.78, 5) is 54.8. The molecule has 0 spiro atoms. The fourth-order valence-electron chi connectivity index (χ4n) is 6.20. The summed E-state index contributed by atoms with van der Waals surface area (Å²) in [6.45, 7) is 0.664. The number of fused-ring (bicyclic) bond motifs is 5. The number of nitrogens with one attached hydrogen (secondary N) is 4. The van der Waals surface area contributed by atoms with Crippen LogP contribution in [0.15, 0.2) is 36.5 Å². The molecule has 12 heteroatoms. The van der Waals surface area contributed by atoms with E-state index in [-0.39, 0.29) is 53.1 Å². The van der Waals surface area contributed by atoms with Gasteiger partial charge < -0.3 is 26.0 Å². The van der Waals surface area contributed by atoms with E-state index in [9.17, 15) is 19.2 Å². The fourth-order valence-corrected chi connectivity index (χ4v) is 6.20. The number of hydrogen-bond donors (Lipinski definition) is 4. The van der Waals surface area contributed by atoms with Gasteiger partial charge in [0.1, 0.15) is 17.1 Å². The van der Waals surface area contributed by atoms with Crippen LogP contribution in [0.3, 0.4) is 0 Å². The molecule has 208 valence electrons. The van der Waals surface area contributed by atoms with Gasteiger partial charge in [0.2, 0.25) is 5.91 Å². The van der Waals surface area contributed by atoms with Crippen molar-refractivity contribution >= 4 is 35.0 Å². The van der Waals surface area contributed by atoms with Crippen LogP contribution < -0.4 is 26.0 Å². The summed E-state index contributed by atoms with van der Waals surface area (Å²) in [7, 11) is 1.69. The molecule has 0 unspecified atom stereocenters. The number of amides is 4. The monoisotopic (exact) mass is 545 g/mol. The lowest BCUT2D eigenvalue weighted by Crippen LogP contribution is -2.52. The summed E-state index contributed by atoms with van der Waals surface area (Å²) in [5.74, 6) is -0.314. The number of hydrogen-bond acceptors (Lipinski definition) is 7. The van der Waals surface area contributed by atoms with Crippen LogP contribution in [0.2, 0.25) is 0 Å². The summed E-state index contributed by atoms with van der Waals surface area (Å²) in [5, 5.41) is 15.7. The van der Waals surface area contributed by atoms with Gasteiger partial charge in [-0.05, 0) is 61.6 Å². The lowest BCUT2D eigenvalue weighted by Gasteiger charge is -2.52. The third-order valence-electron chi connectivity index (χ3n) is 8.69. The molecule has 2 bridgehead atoms. The highest BCUT2D eigenvalue weighted by atomic mass is 16.5. The van der Waals surface area contributed by atoms with E-state index in [4.69, 9.17) is 4.74 Å². The number of aromatic nitrogens is 3. The van der Waals surface area contributed by atoms with Crippen LogP contribution >= 0.6 is 0 Å². The van der Waals surface area contributed by atoms with Crippen molar-refractivity contribution in [3.8, 4) is 5.75 Å². The van der Waals surface area contributed by atoms with Crippen molar-refractivity contribution in [1.29, 1.82) is 0 Å². The first-order valence-electron chi connectivity index (χ1n) is 13.5. The van der Waals surface area contributed by atoms with E-state index < -0.39 is 5.91 Å². The minimum Gasteiger partial charge on any atom is -0.482 e. The van der Waals surface area contributed by atoms with Gasteiger partial charge in [0, 0.05) is 37.7 Å². The van der Waals surface area contributed by atoms with E-state index in [1.54, 1.807) is 31.3 Å². The van der Waals surface area contributed by atoms with Crippen molar-refractivity contribution in [3.63, 3.8) is 0 Å². The molecule has 1 aliphatic heterocycles. The van der Waals surface area contributed by atoms with Crippen molar-refractivity contribution in [3.05, 3.63) is 53.5 Å². The smallest absolute Gasteiger partial charge is 0.270 e. The molecular formula is C28H31N7O5. The molecule has 3 saturated carbocycles. The van der Waals surface area contributed by atoms with Gasteiger partial charge in [-0.15, -0.1) is 0 Å².